The van der Waals surface area contributed by atoms with Crippen molar-refractivity contribution in [3.8, 4) is 0 Å². The maximum Gasteiger partial charge on any atom is 0.254 e. The molecule has 0 fully saturated rings. The van der Waals surface area contributed by atoms with E-state index in [9.17, 15) is 4.79 Å². The Bertz CT molecular complexity index is 406. The molecule has 1 heterocycles. The molecular formula is C13H21N3O. The number of carbonyl (C=O) groups excluding carboxylic acids is 1. The van der Waals surface area contributed by atoms with Crippen LogP contribution in [-0.4, -0.2) is 28.4 Å². The van der Waals surface area contributed by atoms with Crippen molar-refractivity contribution in [2.75, 3.05) is 12.8 Å². The molecule has 1 rings (SSSR count). The Morgan fingerprint density at radius 2 is 2.06 bits per heavy atom. The maximum absolute atomic E-state index is 12.3. The summed E-state index contributed by atoms with van der Waals surface area (Å²) in [6.07, 6.45) is 0.898. The predicted octanol–water partition coefficient (Wildman–Crippen LogP) is 2.23. The number of nitrogen functional groups attached to an aromatic ring is 1. The second-order valence-corrected chi connectivity index (χ2v) is 4.95. The van der Waals surface area contributed by atoms with Crippen molar-refractivity contribution in [1.29, 1.82) is 0 Å². The Labute approximate surface area is 103 Å². The standard InChI is InChI=1S/C13H21N3O/c1-6-13(3,4)16(5)12(17)10-7-9(2)15-11(14)8-10/h7-8H,6H2,1-5H3,(H2,14,15). The summed E-state index contributed by atoms with van der Waals surface area (Å²) in [6, 6.07) is 3.39. The SMILES string of the molecule is CCC(C)(C)N(C)C(=O)c1cc(C)nc(N)c1. The predicted molar refractivity (Wildman–Crippen MR) is 69.8 cm³/mol. The van der Waals surface area contributed by atoms with Gasteiger partial charge in [-0.25, -0.2) is 4.98 Å². The van der Waals surface area contributed by atoms with E-state index in [2.05, 4.69) is 11.9 Å². The van der Waals surface area contributed by atoms with Crippen LogP contribution in [0.25, 0.3) is 0 Å². The molecule has 1 aromatic rings. The van der Waals surface area contributed by atoms with Crippen molar-refractivity contribution in [2.24, 2.45) is 0 Å². The Morgan fingerprint density at radius 1 is 1.47 bits per heavy atom. The molecule has 2 N–H and O–H groups in total. The van der Waals surface area contributed by atoms with Crippen LogP contribution in [0.2, 0.25) is 0 Å². The fourth-order valence-corrected chi connectivity index (χ4v) is 1.52. The Morgan fingerprint density at radius 3 is 2.53 bits per heavy atom. The van der Waals surface area contributed by atoms with Crippen molar-refractivity contribution in [3.05, 3.63) is 23.4 Å². The van der Waals surface area contributed by atoms with Crippen molar-refractivity contribution < 1.29 is 4.79 Å². The van der Waals surface area contributed by atoms with Gasteiger partial charge in [0.1, 0.15) is 5.82 Å². The number of aryl methyl sites for hydroxylation is 1. The Hall–Kier alpha value is -1.58. The van der Waals surface area contributed by atoms with Gasteiger partial charge in [-0.15, -0.1) is 0 Å². The molecule has 0 bridgehead atoms. The number of hydrogen-bond acceptors (Lipinski definition) is 3. The van der Waals surface area contributed by atoms with Gasteiger partial charge in [-0.1, -0.05) is 6.92 Å². The lowest BCUT2D eigenvalue weighted by Gasteiger charge is -2.35. The van der Waals surface area contributed by atoms with E-state index in [1.165, 1.54) is 0 Å². The quantitative estimate of drug-likeness (QED) is 0.874. The second-order valence-electron chi connectivity index (χ2n) is 4.95. The summed E-state index contributed by atoms with van der Waals surface area (Å²) in [5, 5.41) is 0. The van der Waals surface area contributed by atoms with Crippen LogP contribution in [0.4, 0.5) is 5.82 Å². The molecule has 4 nitrogen and oxygen atoms in total. The number of pyridine rings is 1. The highest BCUT2D eigenvalue weighted by molar-refractivity contribution is 5.95. The first kappa shape index (κ1) is 13.5. The van der Waals surface area contributed by atoms with Gasteiger partial charge in [0.2, 0.25) is 0 Å². The van der Waals surface area contributed by atoms with Crippen molar-refractivity contribution in [3.63, 3.8) is 0 Å². The summed E-state index contributed by atoms with van der Waals surface area (Å²) in [6.45, 7) is 7.98. The summed E-state index contributed by atoms with van der Waals surface area (Å²) >= 11 is 0. The third kappa shape index (κ3) is 2.96. The minimum absolute atomic E-state index is 0.0194. The van der Waals surface area contributed by atoms with Gasteiger partial charge in [0.15, 0.2) is 0 Å². The lowest BCUT2D eigenvalue weighted by Crippen LogP contribution is -2.44. The van der Waals surface area contributed by atoms with Gasteiger partial charge < -0.3 is 10.6 Å². The molecule has 0 aliphatic heterocycles. The van der Waals surface area contributed by atoms with Crippen LogP contribution >= 0.6 is 0 Å². The van der Waals surface area contributed by atoms with E-state index in [-0.39, 0.29) is 11.4 Å². The number of aromatic nitrogens is 1. The average molecular weight is 235 g/mol. The molecule has 0 unspecified atom stereocenters. The molecule has 0 saturated carbocycles. The number of anilines is 1. The number of carbonyl (C=O) groups is 1. The van der Waals surface area contributed by atoms with Gasteiger partial charge in [0, 0.05) is 23.8 Å². The van der Waals surface area contributed by atoms with Crippen LogP contribution in [0.3, 0.4) is 0 Å². The molecule has 0 aliphatic rings. The van der Waals surface area contributed by atoms with E-state index in [0.717, 1.165) is 12.1 Å². The summed E-state index contributed by atoms with van der Waals surface area (Å²) in [4.78, 5) is 18.1. The largest absolute Gasteiger partial charge is 0.384 e. The minimum atomic E-state index is -0.164. The summed E-state index contributed by atoms with van der Waals surface area (Å²) in [7, 11) is 1.82. The Balaban J connectivity index is 3.04. The maximum atomic E-state index is 12.3. The van der Waals surface area contributed by atoms with E-state index >= 15 is 0 Å². The third-order valence-corrected chi connectivity index (χ3v) is 3.30. The summed E-state index contributed by atoms with van der Waals surface area (Å²) in [5.41, 5.74) is 6.85. The number of hydrogen-bond donors (Lipinski definition) is 1. The highest BCUT2D eigenvalue weighted by atomic mass is 16.2. The van der Waals surface area contributed by atoms with E-state index in [1.54, 1.807) is 17.0 Å². The zero-order chi connectivity index (χ0) is 13.2. The van der Waals surface area contributed by atoms with Gasteiger partial charge in [-0.05, 0) is 39.3 Å². The molecule has 0 atom stereocenters. The van der Waals surface area contributed by atoms with Crippen molar-refractivity contribution in [2.45, 2.75) is 39.7 Å². The monoisotopic (exact) mass is 235 g/mol. The number of nitrogens with two attached hydrogens (primary N) is 1. The van der Waals surface area contributed by atoms with Crippen LogP contribution in [0.1, 0.15) is 43.2 Å². The lowest BCUT2D eigenvalue weighted by atomic mass is 9.99. The smallest absolute Gasteiger partial charge is 0.254 e. The first-order chi connectivity index (χ1) is 7.77. The van der Waals surface area contributed by atoms with Crippen LogP contribution in [0, 0.1) is 6.92 Å². The van der Waals surface area contributed by atoms with E-state index in [4.69, 9.17) is 5.73 Å². The molecule has 0 aliphatic carbocycles. The van der Waals surface area contributed by atoms with E-state index in [0.29, 0.717) is 11.4 Å². The lowest BCUT2D eigenvalue weighted by molar-refractivity contribution is 0.0620. The second kappa shape index (κ2) is 4.73. The topological polar surface area (TPSA) is 59.2 Å². The first-order valence-corrected chi connectivity index (χ1v) is 5.80. The van der Waals surface area contributed by atoms with E-state index in [1.807, 2.05) is 27.8 Å². The normalized spacial score (nSPS) is 11.4. The van der Waals surface area contributed by atoms with Gasteiger partial charge in [-0.2, -0.15) is 0 Å². The van der Waals surface area contributed by atoms with Crippen LogP contribution < -0.4 is 5.73 Å². The van der Waals surface area contributed by atoms with Gasteiger partial charge in [0.05, 0.1) is 0 Å². The van der Waals surface area contributed by atoms with E-state index < -0.39 is 0 Å². The highest BCUT2D eigenvalue weighted by Gasteiger charge is 2.26. The molecule has 0 aromatic carbocycles. The van der Waals surface area contributed by atoms with Crippen LogP contribution in [0.5, 0.6) is 0 Å². The molecule has 17 heavy (non-hydrogen) atoms. The van der Waals surface area contributed by atoms with Gasteiger partial charge >= 0.3 is 0 Å². The Kier molecular flexibility index (Phi) is 3.76. The number of amides is 1. The molecule has 94 valence electrons. The molecule has 1 amide bonds. The molecule has 0 spiro atoms. The average Bonchev–Trinajstić information content (AvgIpc) is 2.25. The van der Waals surface area contributed by atoms with Gasteiger partial charge in [0.25, 0.3) is 5.91 Å². The summed E-state index contributed by atoms with van der Waals surface area (Å²) < 4.78 is 0. The number of rotatable bonds is 3. The summed E-state index contributed by atoms with van der Waals surface area (Å²) in [5.74, 6) is 0.366. The van der Waals surface area contributed by atoms with Crippen molar-refractivity contribution in [1.82, 2.24) is 9.88 Å². The van der Waals surface area contributed by atoms with Crippen LogP contribution in [0.15, 0.2) is 12.1 Å². The minimum Gasteiger partial charge on any atom is -0.384 e. The third-order valence-electron chi connectivity index (χ3n) is 3.30. The fraction of sp³-hybridized carbons (Fsp3) is 0.538. The first-order valence-electron chi connectivity index (χ1n) is 5.80. The molecule has 0 saturated heterocycles. The fourth-order valence-electron chi connectivity index (χ4n) is 1.52. The van der Waals surface area contributed by atoms with Gasteiger partial charge in [-0.3, -0.25) is 4.79 Å². The van der Waals surface area contributed by atoms with Crippen molar-refractivity contribution >= 4 is 11.7 Å². The molecule has 4 heteroatoms. The van der Waals surface area contributed by atoms with Crippen LogP contribution in [-0.2, 0) is 0 Å². The number of nitrogens with zero attached hydrogens (tertiary/aromatic N) is 2. The zero-order valence-electron chi connectivity index (χ0n) is 11.2. The zero-order valence-corrected chi connectivity index (χ0v) is 11.2. The highest BCUT2D eigenvalue weighted by Crippen LogP contribution is 2.20. The molecule has 0 radical (unpaired) electrons. The molecular weight excluding hydrogens is 214 g/mol. The molecule has 1 aromatic heterocycles.